The molecule has 8 nitrogen and oxygen atoms in total. The van der Waals surface area contributed by atoms with E-state index in [0.29, 0.717) is 17.5 Å². The lowest BCUT2D eigenvalue weighted by Gasteiger charge is -2.10. The average Bonchev–Trinajstić information content (AvgIpc) is 3.45. The minimum atomic E-state index is -0.216. The molecule has 0 atom stereocenters. The molecule has 4 heterocycles. The summed E-state index contributed by atoms with van der Waals surface area (Å²) in [5.41, 5.74) is 2.22. The van der Waals surface area contributed by atoms with E-state index in [9.17, 15) is 4.79 Å². The van der Waals surface area contributed by atoms with Crippen LogP contribution in [0.1, 0.15) is 49.5 Å². The number of esters is 1. The van der Waals surface area contributed by atoms with Crippen LogP contribution in [0.25, 0.3) is 21.6 Å². The second kappa shape index (κ2) is 7.91. The highest BCUT2D eigenvalue weighted by Gasteiger charge is 2.24. The van der Waals surface area contributed by atoms with Gasteiger partial charge in [-0.3, -0.25) is 4.79 Å². The Morgan fingerprint density at radius 3 is 3.07 bits per heavy atom. The predicted octanol–water partition coefficient (Wildman–Crippen LogP) is 3.69. The van der Waals surface area contributed by atoms with Crippen molar-refractivity contribution in [1.82, 2.24) is 29.2 Å². The van der Waals surface area contributed by atoms with Gasteiger partial charge in [0.1, 0.15) is 11.2 Å². The Morgan fingerprint density at radius 2 is 2.17 bits per heavy atom. The van der Waals surface area contributed by atoms with Gasteiger partial charge in [-0.1, -0.05) is 31.5 Å². The maximum Gasteiger partial charge on any atom is 0.316 e. The van der Waals surface area contributed by atoms with Gasteiger partial charge < -0.3 is 4.74 Å². The second-order valence-electron chi connectivity index (χ2n) is 7.22. The summed E-state index contributed by atoms with van der Waals surface area (Å²) in [6.07, 6.45) is 9.25. The molecule has 1 aliphatic rings. The van der Waals surface area contributed by atoms with Crippen molar-refractivity contribution in [3.63, 3.8) is 0 Å². The molecule has 0 N–H and O–H groups in total. The van der Waals surface area contributed by atoms with Crippen molar-refractivity contribution in [2.45, 2.75) is 57.0 Å². The molecule has 0 radical (unpaired) electrons. The number of unbranched alkanes of at least 4 members (excludes halogenated alkanes) is 2. The van der Waals surface area contributed by atoms with Crippen molar-refractivity contribution in [3.8, 4) is 0 Å². The third-order valence-electron chi connectivity index (χ3n) is 5.26. The largest absolute Gasteiger partial charge is 0.465 e. The molecule has 1 aliphatic carbocycles. The lowest BCUT2D eigenvalue weighted by atomic mass is 9.97. The van der Waals surface area contributed by atoms with Crippen molar-refractivity contribution < 1.29 is 9.53 Å². The lowest BCUT2D eigenvalue weighted by Crippen LogP contribution is -2.09. The zero-order valence-electron chi connectivity index (χ0n) is 16.3. The van der Waals surface area contributed by atoms with Gasteiger partial charge in [0.2, 0.25) is 0 Å². The highest BCUT2D eigenvalue weighted by Crippen LogP contribution is 2.39. The monoisotopic (exact) mass is 430 g/mol. The van der Waals surface area contributed by atoms with Crippen LogP contribution in [0.15, 0.2) is 11.5 Å². The fourth-order valence-corrected chi connectivity index (χ4v) is 6.04. The number of aryl methyl sites for hydroxylation is 2. The summed E-state index contributed by atoms with van der Waals surface area (Å²) >= 11 is 3.15. The van der Waals surface area contributed by atoms with Gasteiger partial charge in [-0.2, -0.15) is 9.61 Å². The Kier molecular flexibility index (Phi) is 5.13. The summed E-state index contributed by atoms with van der Waals surface area (Å²) in [5, 5.41) is 14.9. The Bertz CT molecular complexity index is 1190. The van der Waals surface area contributed by atoms with E-state index in [1.807, 2.05) is 4.40 Å². The molecule has 0 unspecified atom stereocenters. The number of rotatable bonds is 7. The average molecular weight is 431 g/mol. The first-order valence-electron chi connectivity index (χ1n) is 10.1. The van der Waals surface area contributed by atoms with Crippen molar-refractivity contribution in [2.24, 2.45) is 0 Å². The van der Waals surface area contributed by atoms with Crippen molar-refractivity contribution in [2.75, 3.05) is 12.4 Å². The van der Waals surface area contributed by atoms with E-state index in [1.54, 1.807) is 22.2 Å². The topological polar surface area (TPSA) is 86.7 Å². The van der Waals surface area contributed by atoms with E-state index in [4.69, 9.17) is 4.74 Å². The molecule has 4 aromatic heterocycles. The third kappa shape index (κ3) is 3.28. The smallest absolute Gasteiger partial charge is 0.316 e. The van der Waals surface area contributed by atoms with E-state index in [-0.39, 0.29) is 11.7 Å². The first-order valence-corrected chi connectivity index (χ1v) is 11.9. The summed E-state index contributed by atoms with van der Waals surface area (Å²) in [6.45, 7) is 2.61. The fraction of sp³-hybridized carbons (Fsp3) is 0.526. The molecule has 0 spiro atoms. The van der Waals surface area contributed by atoms with Crippen molar-refractivity contribution >= 4 is 50.7 Å². The lowest BCUT2D eigenvalue weighted by molar-refractivity contribution is -0.140. The molecular formula is C19H22N6O2S2. The van der Waals surface area contributed by atoms with E-state index < -0.39 is 0 Å². The number of aromatic nitrogens is 6. The molecule has 0 amide bonds. The summed E-state index contributed by atoms with van der Waals surface area (Å²) < 4.78 is 9.10. The van der Waals surface area contributed by atoms with Crippen molar-refractivity contribution in [1.29, 1.82) is 0 Å². The molecule has 0 aliphatic heterocycles. The molecule has 29 heavy (non-hydrogen) atoms. The Balaban J connectivity index is 1.51. The highest BCUT2D eigenvalue weighted by atomic mass is 32.2. The molecule has 152 valence electrons. The number of carbonyl (C=O) groups is 1. The molecule has 0 saturated carbocycles. The minimum absolute atomic E-state index is 0.216. The first kappa shape index (κ1) is 18.8. The van der Waals surface area contributed by atoms with Gasteiger partial charge in [0.25, 0.3) is 5.78 Å². The van der Waals surface area contributed by atoms with Gasteiger partial charge in [0.05, 0.1) is 17.7 Å². The summed E-state index contributed by atoms with van der Waals surface area (Å²) in [5.74, 6) is 0.628. The van der Waals surface area contributed by atoms with Gasteiger partial charge in [-0.15, -0.1) is 21.5 Å². The van der Waals surface area contributed by atoms with Crippen LogP contribution in [0.4, 0.5) is 0 Å². The van der Waals surface area contributed by atoms with Crippen LogP contribution in [0.5, 0.6) is 0 Å². The molecule has 5 rings (SSSR count). The van der Waals surface area contributed by atoms with Gasteiger partial charge in [-0.25, -0.2) is 9.38 Å². The number of hydrogen-bond acceptors (Lipinski definition) is 8. The number of nitrogens with zero attached hydrogens (tertiary/aromatic N) is 6. The molecule has 0 bridgehead atoms. The maximum absolute atomic E-state index is 12.1. The Morgan fingerprint density at radius 1 is 1.28 bits per heavy atom. The fourth-order valence-electron chi connectivity index (χ4n) is 3.87. The van der Waals surface area contributed by atoms with Gasteiger partial charge in [0.15, 0.2) is 10.8 Å². The maximum atomic E-state index is 12.1. The predicted molar refractivity (Wildman–Crippen MR) is 113 cm³/mol. The molecule has 4 aromatic rings. The number of thiophene rings is 1. The number of fused-ring (bicyclic) bond motifs is 8. The van der Waals surface area contributed by atoms with Gasteiger partial charge >= 0.3 is 5.97 Å². The molecule has 10 heteroatoms. The number of thioether (sulfide) groups is 1. The van der Waals surface area contributed by atoms with Crippen LogP contribution < -0.4 is 0 Å². The second-order valence-corrected chi connectivity index (χ2v) is 9.25. The third-order valence-corrected chi connectivity index (χ3v) is 7.44. The molecular weight excluding hydrogens is 408 g/mol. The molecule has 0 aromatic carbocycles. The Labute approximate surface area is 175 Å². The first-order chi connectivity index (χ1) is 14.3. The summed E-state index contributed by atoms with van der Waals surface area (Å²) in [7, 11) is 0. The number of carbonyl (C=O) groups excluding carboxylic acids is 1. The SMILES string of the molecule is CCCCCOC(=O)CSc1nnc2n3ncnc3c3c4c(sc3n12)CCCC4. The van der Waals surface area contributed by atoms with Crippen LogP contribution in [-0.2, 0) is 22.4 Å². The van der Waals surface area contributed by atoms with Crippen LogP contribution in [0, 0.1) is 0 Å². The van der Waals surface area contributed by atoms with E-state index in [0.717, 1.165) is 48.0 Å². The van der Waals surface area contributed by atoms with Crippen molar-refractivity contribution in [3.05, 3.63) is 16.8 Å². The van der Waals surface area contributed by atoms with Crippen LogP contribution in [0.2, 0.25) is 0 Å². The zero-order chi connectivity index (χ0) is 19.8. The zero-order valence-corrected chi connectivity index (χ0v) is 17.9. The highest BCUT2D eigenvalue weighted by molar-refractivity contribution is 7.99. The van der Waals surface area contributed by atoms with Gasteiger partial charge in [-0.05, 0) is 37.7 Å². The summed E-state index contributed by atoms with van der Waals surface area (Å²) in [6, 6.07) is 0. The Hall–Kier alpha value is -2.20. The molecule has 0 saturated heterocycles. The quantitative estimate of drug-likeness (QED) is 0.251. The molecule has 0 fully saturated rings. The van der Waals surface area contributed by atoms with E-state index in [1.165, 1.54) is 35.0 Å². The van der Waals surface area contributed by atoms with E-state index >= 15 is 0 Å². The van der Waals surface area contributed by atoms with Gasteiger partial charge in [0, 0.05) is 4.88 Å². The van der Waals surface area contributed by atoms with Crippen LogP contribution >= 0.6 is 23.1 Å². The minimum Gasteiger partial charge on any atom is -0.465 e. The number of ether oxygens (including phenoxy) is 1. The van der Waals surface area contributed by atoms with Crippen LogP contribution in [-0.4, -0.2) is 47.5 Å². The normalized spacial score (nSPS) is 14.1. The van der Waals surface area contributed by atoms with E-state index in [2.05, 4.69) is 27.2 Å². The van der Waals surface area contributed by atoms with Crippen LogP contribution in [0.3, 0.4) is 0 Å². The standard InChI is InChI=1S/C19H22N6O2S2/c1-2-3-6-9-27-14(26)10-28-19-23-22-18-24(19)17-15(16-20-11-21-25(16)18)12-7-4-5-8-13(12)29-17/h11H,2-10H2,1H3. The summed E-state index contributed by atoms with van der Waals surface area (Å²) in [4.78, 5) is 19.1. The number of hydrogen-bond donors (Lipinski definition) is 0.